The molecule has 0 radical (unpaired) electrons. The summed E-state index contributed by atoms with van der Waals surface area (Å²) in [5.41, 5.74) is -0.123. The minimum absolute atomic E-state index is 0.123. The van der Waals surface area contributed by atoms with Crippen molar-refractivity contribution in [3.8, 4) is 0 Å². The van der Waals surface area contributed by atoms with Gasteiger partial charge in [0, 0.05) is 11.5 Å². The summed E-state index contributed by atoms with van der Waals surface area (Å²) in [6.45, 7) is 8.07. The van der Waals surface area contributed by atoms with Crippen LogP contribution in [0.4, 0.5) is 10.6 Å². The zero-order valence-corrected chi connectivity index (χ0v) is 9.46. The lowest BCUT2D eigenvalue weighted by atomic mass is 9.93. The van der Waals surface area contributed by atoms with Crippen molar-refractivity contribution in [2.45, 2.75) is 33.1 Å². The van der Waals surface area contributed by atoms with Gasteiger partial charge in [-0.3, -0.25) is 5.32 Å². The third kappa shape index (κ3) is 3.27. The van der Waals surface area contributed by atoms with Gasteiger partial charge in [0.05, 0.1) is 6.61 Å². The standard InChI is InChI=1S/C10H16N2O3/c1-5-14-9(13)11-8-6-7(15-12-8)10(2,3)4/h6H,5H2,1-4H3,(H,11,12,13). The average Bonchev–Trinajstić information content (AvgIpc) is 2.52. The second-order valence-electron chi connectivity index (χ2n) is 4.17. The highest BCUT2D eigenvalue weighted by molar-refractivity contribution is 5.83. The number of aromatic nitrogens is 1. The molecule has 1 N–H and O–H groups in total. The first-order valence-corrected chi connectivity index (χ1v) is 4.84. The van der Waals surface area contributed by atoms with E-state index < -0.39 is 6.09 Å². The highest BCUT2D eigenvalue weighted by atomic mass is 16.5. The Morgan fingerprint density at radius 3 is 2.73 bits per heavy atom. The summed E-state index contributed by atoms with van der Waals surface area (Å²) in [4.78, 5) is 11.1. The molecular weight excluding hydrogens is 196 g/mol. The Balaban J connectivity index is 2.65. The molecule has 1 rings (SSSR count). The number of hydrogen-bond donors (Lipinski definition) is 1. The van der Waals surface area contributed by atoms with Gasteiger partial charge in [0.1, 0.15) is 5.76 Å². The van der Waals surface area contributed by atoms with Crippen molar-refractivity contribution in [3.63, 3.8) is 0 Å². The Hall–Kier alpha value is -1.52. The van der Waals surface area contributed by atoms with Crippen molar-refractivity contribution >= 4 is 11.9 Å². The molecule has 0 fully saturated rings. The van der Waals surface area contributed by atoms with E-state index in [0.717, 1.165) is 0 Å². The lowest BCUT2D eigenvalue weighted by Gasteiger charge is -2.11. The summed E-state index contributed by atoms with van der Waals surface area (Å²) in [6, 6.07) is 1.69. The molecule has 1 heterocycles. The summed E-state index contributed by atoms with van der Waals surface area (Å²) in [7, 11) is 0. The van der Waals surface area contributed by atoms with Gasteiger partial charge in [-0.2, -0.15) is 0 Å². The Morgan fingerprint density at radius 1 is 1.60 bits per heavy atom. The number of nitrogens with one attached hydrogen (secondary N) is 1. The van der Waals surface area contributed by atoms with E-state index in [0.29, 0.717) is 18.2 Å². The van der Waals surface area contributed by atoms with Gasteiger partial charge in [0.25, 0.3) is 0 Å². The van der Waals surface area contributed by atoms with E-state index in [1.807, 2.05) is 20.8 Å². The van der Waals surface area contributed by atoms with Gasteiger partial charge in [-0.25, -0.2) is 4.79 Å². The molecule has 0 unspecified atom stereocenters. The quantitative estimate of drug-likeness (QED) is 0.818. The zero-order chi connectivity index (χ0) is 11.5. The Kier molecular flexibility index (Phi) is 3.34. The molecule has 84 valence electrons. The molecule has 1 aromatic heterocycles. The van der Waals surface area contributed by atoms with Crippen molar-refractivity contribution in [3.05, 3.63) is 11.8 Å². The second kappa shape index (κ2) is 4.33. The lowest BCUT2D eigenvalue weighted by Crippen LogP contribution is -2.13. The topological polar surface area (TPSA) is 64.4 Å². The largest absolute Gasteiger partial charge is 0.450 e. The highest BCUT2D eigenvalue weighted by Gasteiger charge is 2.20. The van der Waals surface area contributed by atoms with Crippen molar-refractivity contribution in [2.75, 3.05) is 11.9 Å². The fourth-order valence-corrected chi connectivity index (χ4v) is 0.959. The molecule has 5 nitrogen and oxygen atoms in total. The summed E-state index contributed by atoms with van der Waals surface area (Å²) in [6.07, 6.45) is -0.522. The predicted octanol–water partition coefficient (Wildman–Crippen LogP) is 2.54. The minimum atomic E-state index is -0.522. The monoisotopic (exact) mass is 212 g/mol. The maximum Gasteiger partial charge on any atom is 0.412 e. The third-order valence-electron chi connectivity index (χ3n) is 1.75. The molecule has 0 atom stereocenters. The molecule has 1 aromatic rings. The van der Waals surface area contributed by atoms with Crippen LogP contribution in [-0.4, -0.2) is 17.9 Å². The van der Waals surface area contributed by atoms with E-state index in [-0.39, 0.29) is 5.41 Å². The first kappa shape index (κ1) is 11.6. The van der Waals surface area contributed by atoms with Gasteiger partial charge in [-0.1, -0.05) is 25.9 Å². The third-order valence-corrected chi connectivity index (χ3v) is 1.75. The minimum Gasteiger partial charge on any atom is -0.450 e. The van der Waals surface area contributed by atoms with E-state index in [4.69, 9.17) is 9.26 Å². The van der Waals surface area contributed by atoms with Gasteiger partial charge in [0.15, 0.2) is 5.82 Å². The molecule has 15 heavy (non-hydrogen) atoms. The molecule has 0 saturated heterocycles. The number of ether oxygens (including phenoxy) is 1. The van der Waals surface area contributed by atoms with Crippen LogP contribution in [-0.2, 0) is 10.2 Å². The Labute approximate surface area is 88.8 Å². The molecular formula is C10H16N2O3. The summed E-state index contributed by atoms with van der Waals surface area (Å²) < 4.78 is 9.80. The SMILES string of the molecule is CCOC(=O)Nc1cc(C(C)(C)C)on1. The first-order valence-electron chi connectivity index (χ1n) is 4.84. The van der Waals surface area contributed by atoms with Crippen LogP contribution in [0.15, 0.2) is 10.6 Å². The summed E-state index contributed by atoms with van der Waals surface area (Å²) in [5, 5.41) is 6.19. The number of hydrogen-bond acceptors (Lipinski definition) is 4. The van der Waals surface area contributed by atoms with Crippen LogP contribution in [0, 0.1) is 0 Å². The van der Waals surface area contributed by atoms with Gasteiger partial charge >= 0.3 is 6.09 Å². The molecule has 0 saturated carbocycles. The highest BCUT2D eigenvalue weighted by Crippen LogP contribution is 2.24. The van der Waals surface area contributed by atoms with E-state index in [1.54, 1.807) is 13.0 Å². The fourth-order valence-electron chi connectivity index (χ4n) is 0.959. The summed E-state index contributed by atoms with van der Waals surface area (Å²) >= 11 is 0. The van der Waals surface area contributed by atoms with Gasteiger partial charge in [-0.15, -0.1) is 0 Å². The number of nitrogens with zero attached hydrogens (tertiary/aromatic N) is 1. The van der Waals surface area contributed by atoms with Crippen molar-refractivity contribution in [2.24, 2.45) is 0 Å². The van der Waals surface area contributed by atoms with Crippen LogP contribution >= 0.6 is 0 Å². The van der Waals surface area contributed by atoms with Crippen molar-refractivity contribution in [1.82, 2.24) is 5.16 Å². The smallest absolute Gasteiger partial charge is 0.412 e. The maximum atomic E-state index is 11.1. The second-order valence-corrected chi connectivity index (χ2v) is 4.17. The van der Waals surface area contributed by atoms with E-state index in [1.165, 1.54) is 0 Å². The number of carbonyl (C=O) groups is 1. The molecule has 0 aromatic carbocycles. The molecule has 0 spiro atoms. The van der Waals surface area contributed by atoms with Gasteiger partial charge in [-0.05, 0) is 6.92 Å². The Morgan fingerprint density at radius 2 is 2.27 bits per heavy atom. The molecule has 0 aliphatic carbocycles. The van der Waals surface area contributed by atoms with Crippen LogP contribution < -0.4 is 5.32 Å². The van der Waals surface area contributed by atoms with E-state index >= 15 is 0 Å². The zero-order valence-electron chi connectivity index (χ0n) is 9.46. The maximum absolute atomic E-state index is 11.1. The van der Waals surface area contributed by atoms with Gasteiger partial charge in [0.2, 0.25) is 0 Å². The van der Waals surface area contributed by atoms with E-state index in [9.17, 15) is 4.79 Å². The molecule has 0 aliphatic heterocycles. The fraction of sp³-hybridized carbons (Fsp3) is 0.600. The van der Waals surface area contributed by atoms with Crippen LogP contribution in [0.3, 0.4) is 0 Å². The normalized spacial score (nSPS) is 11.2. The number of rotatable bonds is 2. The number of carbonyl (C=O) groups excluding carboxylic acids is 1. The molecule has 1 amide bonds. The van der Waals surface area contributed by atoms with Crippen LogP contribution in [0.5, 0.6) is 0 Å². The number of anilines is 1. The summed E-state index contributed by atoms with van der Waals surface area (Å²) in [5.74, 6) is 1.09. The number of amides is 1. The first-order chi connectivity index (χ1) is 6.93. The molecule has 0 aliphatic rings. The van der Waals surface area contributed by atoms with E-state index in [2.05, 4.69) is 10.5 Å². The van der Waals surface area contributed by atoms with Gasteiger partial charge < -0.3 is 9.26 Å². The average molecular weight is 212 g/mol. The molecule has 0 bridgehead atoms. The van der Waals surface area contributed by atoms with Crippen molar-refractivity contribution < 1.29 is 14.1 Å². The van der Waals surface area contributed by atoms with Crippen LogP contribution in [0.25, 0.3) is 0 Å². The molecule has 5 heteroatoms. The van der Waals surface area contributed by atoms with Crippen molar-refractivity contribution in [1.29, 1.82) is 0 Å². The van der Waals surface area contributed by atoms with Crippen LogP contribution in [0.1, 0.15) is 33.5 Å². The Bertz CT molecular complexity index is 339. The van der Waals surface area contributed by atoms with Crippen LogP contribution in [0.2, 0.25) is 0 Å². The predicted molar refractivity (Wildman–Crippen MR) is 55.8 cm³/mol. The lowest BCUT2D eigenvalue weighted by molar-refractivity contribution is 0.167.